The number of benzene rings is 2. The van der Waals surface area contributed by atoms with Gasteiger partial charge in [0.2, 0.25) is 10.0 Å². The summed E-state index contributed by atoms with van der Waals surface area (Å²) >= 11 is 7.69. The molecule has 4 rings (SSSR count). The van der Waals surface area contributed by atoms with Crippen LogP contribution in [-0.2, 0) is 30.0 Å². The molecule has 2 heterocycles. The summed E-state index contributed by atoms with van der Waals surface area (Å²) < 4.78 is 59.7. The summed E-state index contributed by atoms with van der Waals surface area (Å²) in [7, 11) is -3.86. The number of rotatable bonds is 12. The number of ether oxygens (including phenoxy) is 3. The molecule has 1 atom stereocenters. The van der Waals surface area contributed by atoms with Crippen LogP contribution in [0.3, 0.4) is 0 Å². The Morgan fingerprint density at radius 2 is 1.92 bits per heavy atom. The zero-order valence-electron chi connectivity index (χ0n) is 28.0. The van der Waals surface area contributed by atoms with E-state index in [1.807, 2.05) is 0 Å². The van der Waals surface area contributed by atoms with Crippen molar-refractivity contribution in [3.05, 3.63) is 73.9 Å². The van der Waals surface area contributed by atoms with Crippen LogP contribution in [0.1, 0.15) is 69.6 Å². The molecule has 12 nitrogen and oxygen atoms in total. The number of halogens is 2. The van der Waals surface area contributed by atoms with Crippen molar-refractivity contribution in [1.82, 2.24) is 4.31 Å². The van der Waals surface area contributed by atoms with Gasteiger partial charge in [-0.15, -0.1) is 11.3 Å². The number of hydrogen-bond acceptors (Lipinski definition) is 11. The Balaban J connectivity index is 1.56. The molecule has 1 aliphatic rings. The number of carbonyl (C=O) groups is 2. The van der Waals surface area contributed by atoms with Crippen molar-refractivity contribution in [2.75, 3.05) is 25.1 Å². The van der Waals surface area contributed by atoms with Gasteiger partial charge in [0.05, 0.1) is 27.8 Å². The van der Waals surface area contributed by atoms with E-state index < -0.39 is 56.2 Å². The summed E-state index contributed by atoms with van der Waals surface area (Å²) in [6, 6.07) is 9.52. The highest BCUT2D eigenvalue weighted by Gasteiger charge is 2.42. The van der Waals surface area contributed by atoms with Crippen LogP contribution >= 0.6 is 22.9 Å². The van der Waals surface area contributed by atoms with E-state index in [1.165, 1.54) is 40.7 Å². The van der Waals surface area contributed by atoms with Crippen molar-refractivity contribution >= 4 is 56.3 Å². The number of carbonyl (C=O) groups excluding carboxylic acids is 2. The Labute approximate surface area is 293 Å². The fourth-order valence-electron chi connectivity index (χ4n) is 5.57. The molecule has 1 fully saturated rings. The molecule has 1 N–H and O–H groups in total. The standard InChI is InChI=1S/C33H39ClFN3O9S2/c1-7-45-26(39)18-46-28-27(34)29(48-30(28)31(40)47-32(2,3)4)21-11-12-24(35)25(16-21)36-22-13-14-37(33(5,6)17-22)49(43,44)19-20-9-8-10-23(15-20)38(41)42/h8-12,15-16,22,36H,7,13-14,17-19H2,1-6H3. The molecule has 1 aliphatic heterocycles. The minimum Gasteiger partial charge on any atom is -0.479 e. The van der Waals surface area contributed by atoms with Crippen LogP contribution in [0.4, 0.5) is 15.8 Å². The van der Waals surface area contributed by atoms with Gasteiger partial charge in [0, 0.05) is 30.3 Å². The van der Waals surface area contributed by atoms with Gasteiger partial charge in [-0.1, -0.05) is 29.8 Å². The van der Waals surface area contributed by atoms with E-state index in [2.05, 4.69) is 5.32 Å². The molecule has 1 unspecified atom stereocenters. The number of nitro groups is 1. The van der Waals surface area contributed by atoms with E-state index in [1.54, 1.807) is 47.6 Å². The highest BCUT2D eigenvalue weighted by atomic mass is 35.5. The van der Waals surface area contributed by atoms with Gasteiger partial charge in [-0.2, -0.15) is 4.31 Å². The summed E-state index contributed by atoms with van der Waals surface area (Å²) in [4.78, 5) is 36.1. The molecule has 3 aromatic rings. The van der Waals surface area contributed by atoms with Crippen molar-refractivity contribution in [3.8, 4) is 16.2 Å². The second kappa shape index (κ2) is 15.0. The van der Waals surface area contributed by atoms with Crippen molar-refractivity contribution < 1.29 is 41.5 Å². The Bertz CT molecular complexity index is 1840. The van der Waals surface area contributed by atoms with Crippen LogP contribution in [0.5, 0.6) is 5.75 Å². The third-order valence-corrected chi connectivity index (χ3v) is 11.2. The van der Waals surface area contributed by atoms with Crippen molar-refractivity contribution in [2.24, 2.45) is 0 Å². The van der Waals surface area contributed by atoms with E-state index in [4.69, 9.17) is 25.8 Å². The number of sulfonamides is 1. The molecule has 0 aliphatic carbocycles. The summed E-state index contributed by atoms with van der Waals surface area (Å²) in [5, 5.41) is 14.4. The second-order valence-corrected chi connectivity index (χ2v) is 16.4. The molecular weight excluding hydrogens is 701 g/mol. The molecular formula is C33H39ClFN3O9S2. The van der Waals surface area contributed by atoms with E-state index in [9.17, 15) is 28.1 Å². The minimum absolute atomic E-state index is 0.0264. The monoisotopic (exact) mass is 739 g/mol. The molecule has 1 aromatic heterocycles. The van der Waals surface area contributed by atoms with Gasteiger partial charge in [-0.05, 0) is 77.6 Å². The lowest BCUT2D eigenvalue weighted by Crippen LogP contribution is -2.55. The first-order valence-electron chi connectivity index (χ1n) is 15.5. The fraction of sp³-hybridized carbons (Fsp3) is 0.455. The maximum Gasteiger partial charge on any atom is 0.352 e. The van der Waals surface area contributed by atoms with E-state index in [0.29, 0.717) is 28.8 Å². The van der Waals surface area contributed by atoms with Gasteiger partial charge in [0.15, 0.2) is 17.2 Å². The maximum absolute atomic E-state index is 15.2. The van der Waals surface area contributed by atoms with Crippen LogP contribution < -0.4 is 10.1 Å². The molecule has 0 amide bonds. The Hall–Kier alpha value is -3.79. The SMILES string of the molecule is CCOC(=O)COc1c(C(=O)OC(C)(C)C)sc(-c2ccc(F)c(NC3CCN(S(=O)(=O)Cc4cccc([N+](=O)[O-])c4)C(C)(C)C3)c2)c1Cl. The lowest BCUT2D eigenvalue weighted by atomic mass is 9.89. The van der Waals surface area contributed by atoms with Crippen molar-refractivity contribution in [3.63, 3.8) is 0 Å². The largest absolute Gasteiger partial charge is 0.479 e. The summed E-state index contributed by atoms with van der Waals surface area (Å²) in [5.74, 6) is -2.37. The van der Waals surface area contributed by atoms with Gasteiger partial charge in [0.25, 0.3) is 5.69 Å². The molecule has 2 aromatic carbocycles. The zero-order chi connectivity index (χ0) is 36.3. The number of nitrogens with one attached hydrogen (secondary N) is 1. The molecule has 266 valence electrons. The molecule has 0 spiro atoms. The normalized spacial score (nSPS) is 16.5. The van der Waals surface area contributed by atoms with Crippen molar-refractivity contribution in [2.45, 2.75) is 77.3 Å². The van der Waals surface area contributed by atoms with Gasteiger partial charge >= 0.3 is 11.9 Å². The fourth-order valence-corrected chi connectivity index (χ4v) is 8.98. The summed E-state index contributed by atoms with van der Waals surface area (Å²) in [5.41, 5.74) is -0.975. The minimum atomic E-state index is -3.86. The maximum atomic E-state index is 15.2. The number of non-ortho nitro benzene ring substituents is 1. The highest BCUT2D eigenvalue weighted by Crippen LogP contribution is 2.47. The van der Waals surface area contributed by atoms with E-state index in [-0.39, 0.29) is 46.2 Å². The van der Waals surface area contributed by atoms with E-state index >= 15 is 4.39 Å². The van der Waals surface area contributed by atoms with Gasteiger partial charge in [0.1, 0.15) is 16.4 Å². The predicted molar refractivity (Wildman–Crippen MR) is 185 cm³/mol. The molecule has 16 heteroatoms. The lowest BCUT2D eigenvalue weighted by molar-refractivity contribution is -0.384. The number of nitro benzene ring substituents is 1. The van der Waals surface area contributed by atoms with Crippen LogP contribution in [0.2, 0.25) is 5.02 Å². The first kappa shape index (κ1) is 38.0. The average molecular weight is 740 g/mol. The summed E-state index contributed by atoms with van der Waals surface area (Å²) in [6.45, 7) is 10.1. The predicted octanol–water partition coefficient (Wildman–Crippen LogP) is 7.20. The van der Waals surface area contributed by atoms with Gasteiger partial charge in [-0.25, -0.2) is 22.4 Å². The quantitative estimate of drug-likeness (QED) is 0.115. The van der Waals surface area contributed by atoms with Crippen molar-refractivity contribution in [1.29, 1.82) is 0 Å². The lowest BCUT2D eigenvalue weighted by Gasteiger charge is -2.45. The highest BCUT2D eigenvalue weighted by molar-refractivity contribution is 7.88. The van der Waals surface area contributed by atoms with Crippen LogP contribution in [-0.4, -0.2) is 66.5 Å². The Kier molecular flexibility index (Phi) is 11.6. The first-order chi connectivity index (χ1) is 22.8. The number of piperidine rings is 1. The number of nitrogens with zero attached hydrogens (tertiary/aromatic N) is 2. The third-order valence-electron chi connectivity index (χ3n) is 7.53. The summed E-state index contributed by atoms with van der Waals surface area (Å²) in [6.07, 6.45) is 0.689. The number of esters is 2. The molecule has 0 bridgehead atoms. The average Bonchev–Trinajstić information content (AvgIpc) is 3.31. The number of thiophene rings is 1. The number of hydrogen-bond donors (Lipinski definition) is 1. The van der Waals surface area contributed by atoms with Gasteiger partial charge in [-0.3, -0.25) is 10.1 Å². The topological polar surface area (TPSA) is 154 Å². The molecule has 1 saturated heterocycles. The molecule has 49 heavy (non-hydrogen) atoms. The molecule has 0 radical (unpaired) electrons. The van der Waals surface area contributed by atoms with Crippen LogP contribution in [0.15, 0.2) is 42.5 Å². The van der Waals surface area contributed by atoms with E-state index in [0.717, 1.165) is 11.3 Å². The molecule has 0 saturated carbocycles. The van der Waals surface area contributed by atoms with Crippen LogP contribution in [0, 0.1) is 15.9 Å². The second-order valence-electron chi connectivity index (χ2n) is 13.1. The zero-order valence-corrected chi connectivity index (χ0v) is 30.4. The Morgan fingerprint density at radius 1 is 1.20 bits per heavy atom. The van der Waals surface area contributed by atoms with Gasteiger partial charge < -0.3 is 19.5 Å². The number of anilines is 1. The first-order valence-corrected chi connectivity index (χ1v) is 18.3. The van der Waals surface area contributed by atoms with Crippen LogP contribution in [0.25, 0.3) is 10.4 Å². The third kappa shape index (κ3) is 9.47. The smallest absolute Gasteiger partial charge is 0.352 e. The Morgan fingerprint density at radius 3 is 2.55 bits per heavy atom.